The lowest BCUT2D eigenvalue weighted by molar-refractivity contribution is 0.0502. The molecule has 3 rings (SSSR count). The molecule has 1 saturated heterocycles. The highest BCUT2D eigenvalue weighted by atomic mass is 16.6. The van der Waals surface area contributed by atoms with Crippen LogP contribution in [0.25, 0.3) is 0 Å². The number of nitrogens with zero attached hydrogens (tertiary/aromatic N) is 2. The van der Waals surface area contributed by atoms with Crippen LogP contribution in [0.1, 0.15) is 42.8 Å². The van der Waals surface area contributed by atoms with Crippen LogP contribution in [0.15, 0.2) is 36.4 Å². The SMILES string of the molecule is Cc1cc(C2C(C)CCCN2C(=O)OCc2ccccc2)n[nH]1. The van der Waals surface area contributed by atoms with Gasteiger partial charge in [-0.2, -0.15) is 5.10 Å². The fraction of sp³-hybridized carbons (Fsp3) is 0.444. The van der Waals surface area contributed by atoms with E-state index in [0.29, 0.717) is 19.1 Å². The van der Waals surface area contributed by atoms with E-state index < -0.39 is 0 Å². The van der Waals surface area contributed by atoms with Crippen LogP contribution in [0.5, 0.6) is 0 Å². The number of hydrogen-bond acceptors (Lipinski definition) is 3. The molecule has 0 spiro atoms. The van der Waals surface area contributed by atoms with Crippen molar-refractivity contribution in [1.29, 1.82) is 0 Å². The van der Waals surface area contributed by atoms with Crippen LogP contribution in [0.4, 0.5) is 4.79 Å². The molecule has 122 valence electrons. The summed E-state index contributed by atoms with van der Waals surface area (Å²) in [5.74, 6) is 0.371. The van der Waals surface area contributed by atoms with Crippen LogP contribution in [-0.2, 0) is 11.3 Å². The van der Waals surface area contributed by atoms with Crippen molar-refractivity contribution < 1.29 is 9.53 Å². The van der Waals surface area contributed by atoms with Crippen LogP contribution in [0.3, 0.4) is 0 Å². The van der Waals surface area contributed by atoms with Crippen LogP contribution in [0.2, 0.25) is 0 Å². The Kier molecular flexibility index (Phi) is 4.65. The van der Waals surface area contributed by atoms with E-state index in [4.69, 9.17) is 4.74 Å². The predicted octanol–water partition coefficient (Wildman–Crippen LogP) is 3.83. The second-order valence-corrected chi connectivity index (χ2v) is 6.27. The van der Waals surface area contributed by atoms with E-state index in [-0.39, 0.29) is 12.1 Å². The maximum atomic E-state index is 12.6. The highest BCUT2D eigenvalue weighted by Crippen LogP contribution is 2.35. The zero-order chi connectivity index (χ0) is 16.2. The molecule has 0 radical (unpaired) electrons. The Hall–Kier alpha value is -2.30. The quantitative estimate of drug-likeness (QED) is 0.937. The van der Waals surface area contributed by atoms with E-state index in [1.165, 1.54) is 0 Å². The first-order valence-electron chi connectivity index (χ1n) is 8.14. The largest absolute Gasteiger partial charge is 0.445 e. The number of ether oxygens (including phenoxy) is 1. The monoisotopic (exact) mass is 313 g/mol. The van der Waals surface area contributed by atoms with E-state index >= 15 is 0 Å². The normalized spacial score (nSPS) is 21.2. The molecule has 5 heteroatoms. The summed E-state index contributed by atoms with van der Waals surface area (Å²) in [5, 5.41) is 7.34. The number of likely N-dealkylation sites (tertiary alicyclic amines) is 1. The number of nitrogens with one attached hydrogen (secondary N) is 1. The molecule has 2 atom stereocenters. The third-order valence-electron chi connectivity index (χ3n) is 4.40. The molecule has 1 aromatic carbocycles. The number of carbonyl (C=O) groups is 1. The summed E-state index contributed by atoms with van der Waals surface area (Å²) < 4.78 is 5.52. The number of amides is 1. The van der Waals surface area contributed by atoms with Gasteiger partial charge in [-0.15, -0.1) is 0 Å². The number of benzene rings is 1. The van der Waals surface area contributed by atoms with Crippen molar-refractivity contribution in [3.8, 4) is 0 Å². The molecule has 0 saturated carbocycles. The Bertz CT molecular complexity index is 653. The van der Waals surface area contributed by atoms with Gasteiger partial charge < -0.3 is 4.74 Å². The molecule has 2 aromatic rings. The molecule has 0 bridgehead atoms. The predicted molar refractivity (Wildman–Crippen MR) is 87.8 cm³/mol. The number of aryl methyl sites for hydroxylation is 1. The summed E-state index contributed by atoms with van der Waals surface area (Å²) in [7, 11) is 0. The van der Waals surface area contributed by atoms with E-state index in [0.717, 1.165) is 29.8 Å². The van der Waals surface area contributed by atoms with Crippen LogP contribution in [0, 0.1) is 12.8 Å². The highest BCUT2D eigenvalue weighted by molar-refractivity contribution is 5.68. The Morgan fingerprint density at radius 1 is 1.39 bits per heavy atom. The number of hydrogen-bond donors (Lipinski definition) is 1. The van der Waals surface area contributed by atoms with Crippen molar-refractivity contribution in [1.82, 2.24) is 15.1 Å². The van der Waals surface area contributed by atoms with Crippen LogP contribution >= 0.6 is 0 Å². The Labute approximate surface area is 136 Å². The van der Waals surface area contributed by atoms with Crippen molar-refractivity contribution >= 4 is 6.09 Å². The summed E-state index contributed by atoms with van der Waals surface area (Å²) in [6, 6.07) is 11.8. The molecule has 1 fully saturated rings. The summed E-state index contributed by atoms with van der Waals surface area (Å²) >= 11 is 0. The molecule has 2 heterocycles. The number of rotatable bonds is 3. The van der Waals surface area contributed by atoms with E-state index in [1.807, 2.05) is 48.2 Å². The fourth-order valence-electron chi connectivity index (χ4n) is 3.24. The molecule has 23 heavy (non-hydrogen) atoms. The minimum atomic E-state index is -0.258. The molecule has 0 aliphatic carbocycles. The van der Waals surface area contributed by atoms with Gasteiger partial charge in [0, 0.05) is 12.2 Å². The number of aromatic amines is 1. The second-order valence-electron chi connectivity index (χ2n) is 6.27. The van der Waals surface area contributed by atoms with Gasteiger partial charge in [-0.3, -0.25) is 10.00 Å². The second kappa shape index (κ2) is 6.86. The number of aromatic nitrogens is 2. The molecule has 1 aliphatic heterocycles. The lowest BCUT2D eigenvalue weighted by Gasteiger charge is -2.38. The minimum Gasteiger partial charge on any atom is -0.445 e. The molecule has 5 nitrogen and oxygen atoms in total. The smallest absolute Gasteiger partial charge is 0.410 e. The molecule has 1 aromatic heterocycles. The van der Waals surface area contributed by atoms with Gasteiger partial charge in [0.2, 0.25) is 0 Å². The number of piperidine rings is 1. The molecule has 1 aliphatic rings. The van der Waals surface area contributed by atoms with Crippen molar-refractivity contribution in [3.63, 3.8) is 0 Å². The third-order valence-corrected chi connectivity index (χ3v) is 4.40. The topological polar surface area (TPSA) is 58.2 Å². The maximum Gasteiger partial charge on any atom is 0.410 e. The van der Waals surface area contributed by atoms with Gasteiger partial charge >= 0.3 is 6.09 Å². The number of carbonyl (C=O) groups excluding carboxylic acids is 1. The standard InChI is InChI=1S/C18H23N3O2/c1-13-7-6-10-21(17(13)16-11-14(2)19-20-16)18(22)23-12-15-8-4-3-5-9-15/h3-5,8-9,11,13,17H,6-7,10,12H2,1-2H3,(H,19,20). The van der Waals surface area contributed by atoms with Crippen LogP contribution in [-0.4, -0.2) is 27.7 Å². The zero-order valence-corrected chi connectivity index (χ0v) is 13.7. The van der Waals surface area contributed by atoms with E-state index in [1.54, 1.807) is 0 Å². The first kappa shape index (κ1) is 15.6. The van der Waals surface area contributed by atoms with Gasteiger partial charge in [0.05, 0.1) is 11.7 Å². The molecule has 1 N–H and O–H groups in total. The summed E-state index contributed by atoms with van der Waals surface area (Å²) in [6.07, 6.45) is 1.84. The Morgan fingerprint density at radius 3 is 2.87 bits per heavy atom. The average Bonchev–Trinajstić information content (AvgIpc) is 2.99. The third kappa shape index (κ3) is 3.55. The van der Waals surface area contributed by atoms with Gasteiger partial charge in [0.1, 0.15) is 6.61 Å². The van der Waals surface area contributed by atoms with Gasteiger partial charge in [-0.05, 0) is 37.3 Å². The van der Waals surface area contributed by atoms with Crippen molar-refractivity contribution in [3.05, 3.63) is 53.3 Å². The Balaban J connectivity index is 1.71. The molecule has 2 unspecified atom stereocenters. The lowest BCUT2D eigenvalue weighted by atomic mass is 9.89. The van der Waals surface area contributed by atoms with Gasteiger partial charge in [-0.1, -0.05) is 37.3 Å². The van der Waals surface area contributed by atoms with Crippen molar-refractivity contribution in [2.75, 3.05) is 6.54 Å². The maximum absolute atomic E-state index is 12.6. The van der Waals surface area contributed by atoms with E-state index in [9.17, 15) is 4.79 Å². The van der Waals surface area contributed by atoms with Crippen molar-refractivity contribution in [2.24, 2.45) is 5.92 Å². The summed E-state index contributed by atoms with van der Waals surface area (Å²) in [6.45, 7) is 5.17. The summed E-state index contributed by atoms with van der Waals surface area (Å²) in [5.41, 5.74) is 2.93. The van der Waals surface area contributed by atoms with Gasteiger partial charge in [0.25, 0.3) is 0 Å². The van der Waals surface area contributed by atoms with Crippen LogP contribution < -0.4 is 0 Å². The minimum absolute atomic E-state index is 0.0167. The van der Waals surface area contributed by atoms with Gasteiger partial charge in [0.15, 0.2) is 0 Å². The Morgan fingerprint density at radius 2 is 2.17 bits per heavy atom. The van der Waals surface area contributed by atoms with E-state index in [2.05, 4.69) is 17.1 Å². The van der Waals surface area contributed by atoms with Gasteiger partial charge in [-0.25, -0.2) is 4.79 Å². The molecular formula is C18H23N3O2. The zero-order valence-electron chi connectivity index (χ0n) is 13.7. The van der Waals surface area contributed by atoms with Crippen molar-refractivity contribution in [2.45, 2.75) is 39.3 Å². The lowest BCUT2D eigenvalue weighted by Crippen LogP contribution is -2.42. The number of H-pyrrole nitrogens is 1. The first-order valence-corrected chi connectivity index (χ1v) is 8.14. The highest BCUT2D eigenvalue weighted by Gasteiger charge is 2.35. The first-order chi connectivity index (χ1) is 11.1. The molecule has 1 amide bonds. The average molecular weight is 313 g/mol. The fourth-order valence-corrected chi connectivity index (χ4v) is 3.24. The molecular weight excluding hydrogens is 290 g/mol. The summed E-state index contributed by atoms with van der Waals surface area (Å²) in [4.78, 5) is 14.4.